The molecule has 19 heavy (non-hydrogen) atoms. The minimum Gasteiger partial charge on any atom is -0.305 e. The molecule has 2 heterocycles. The average molecular weight is 260 g/mol. The van der Waals surface area contributed by atoms with Gasteiger partial charge in [0.1, 0.15) is 0 Å². The molecule has 1 aliphatic heterocycles. The Morgan fingerprint density at radius 1 is 1.21 bits per heavy atom. The van der Waals surface area contributed by atoms with Crippen molar-refractivity contribution in [2.24, 2.45) is 11.8 Å². The van der Waals surface area contributed by atoms with Crippen LogP contribution in [0.4, 0.5) is 0 Å². The zero-order chi connectivity index (χ0) is 13.4. The van der Waals surface area contributed by atoms with E-state index >= 15 is 0 Å². The zero-order valence-corrected chi connectivity index (χ0v) is 12.2. The van der Waals surface area contributed by atoms with E-state index in [0.717, 1.165) is 29.8 Å². The number of hydrogen-bond donors (Lipinski definition) is 0. The molecule has 1 aliphatic carbocycles. The third kappa shape index (κ3) is 2.95. The van der Waals surface area contributed by atoms with Crippen molar-refractivity contribution >= 4 is 0 Å². The lowest BCUT2D eigenvalue weighted by atomic mass is 9.97. The minimum absolute atomic E-state index is 0.714. The molecule has 104 valence electrons. The van der Waals surface area contributed by atoms with E-state index < -0.39 is 0 Å². The van der Waals surface area contributed by atoms with Crippen LogP contribution in [0.25, 0.3) is 0 Å². The summed E-state index contributed by atoms with van der Waals surface area (Å²) in [5.74, 6) is 1.83. The number of likely N-dealkylation sites (tertiary alicyclic amines) is 1. The van der Waals surface area contributed by atoms with Gasteiger partial charge in [0.2, 0.25) is 0 Å². The molecule has 4 heteroatoms. The Kier molecular flexibility index (Phi) is 3.54. The fourth-order valence-corrected chi connectivity index (χ4v) is 3.29. The largest absolute Gasteiger partial charge is 0.305 e. The molecule has 4 nitrogen and oxygen atoms in total. The van der Waals surface area contributed by atoms with Gasteiger partial charge in [-0.05, 0) is 45.7 Å². The van der Waals surface area contributed by atoms with E-state index in [9.17, 15) is 0 Å². The van der Waals surface area contributed by atoms with Crippen molar-refractivity contribution in [2.45, 2.75) is 32.4 Å². The van der Waals surface area contributed by atoms with Crippen LogP contribution in [0.3, 0.4) is 0 Å². The highest BCUT2D eigenvalue weighted by Gasteiger charge is 2.43. The maximum atomic E-state index is 4.48. The van der Waals surface area contributed by atoms with Crippen LogP contribution in [0.1, 0.15) is 24.2 Å². The van der Waals surface area contributed by atoms with Gasteiger partial charge in [-0.1, -0.05) is 0 Å². The Morgan fingerprint density at radius 2 is 2.00 bits per heavy atom. The summed E-state index contributed by atoms with van der Waals surface area (Å²) in [6.45, 7) is 5.32. The second-order valence-corrected chi connectivity index (χ2v) is 6.38. The Bertz CT molecular complexity index is 414. The fraction of sp³-hybridized carbons (Fsp3) is 0.733. The van der Waals surface area contributed by atoms with Gasteiger partial charge in [-0.25, -0.2) is 0 Å². The molecule has 0 amide bonds. The third-order valence-corrected chi connectivity index (χ3v) is 4.52. The molecule has 1 aromatic rings. The first-order valence-electron chi connectivity index (χ1n) is 7.30. The van der Waals surface area contributed by atoms with Gasteiger partial charge >= 0.3 is 0 Å². The van der Waals surface area contributed by atoms with E-state index in [-0.39, 0.29) is 0 Å². The van der Waals surface area contributed by atoms with Crippen molar-refractivity contribution in [2.75, 3.05) is 27.2 Å². The van der Waals surface area contributed by atoms with Crippen molar-refractivity contribution in [1.82, 2.24) is 19.8 Å². The first-order valence-corrected chi connectivity index (χ1v) is 7.30. The van der Waals surface area contributed by atoms with Gasteiger partial charge in [-0.15, -0.1) is 0 Å². The number of rotatable bonds is 4. The highest BCUT2D eigenvalue weighted by Crippen LogP contribution is 2.42. The molecule has 0 N–H and O–H groups in total. The average Bonchev–Trinajstić information content (AvgIpc) is 3.13. The van der Waals surface area contributed by atoms with Crippen molar-refractivity contribution < 1.29 is 0 Å². The fourth-order valence-electron chi connectivity index (χ4n) is 3.29. The minimum atomic E-state index is 0.714. The second kappa shape index (κ2) is 5.17. The lowest BCUT2D eigenvalue weighted by molar-refractivity contribution is 0.233. The van der Waals surface area contributed by atoms with Crippen molar-refractivity contribution in [3.63, 3.8) is 0 Å². The van der Waals surface area contributed by atoms with E-state index in [1.165, 1.54) is 25.9 Å². The molecule has 0 unspecified atom stereocenters. The topological polar surface area (TPSA) is 32.3 Å². The number of aromatic nitrogens is 2. The summed E-state index contributed by atoms with van der Waals surface area (Å²) in [5, 5.41) is 0. The summed E-state index contributed by atoms with van der Waals surface area (Å²) in [5.41, 5.74) is 2.09. The highest BCUT2D eigenvalue weighted by atomic mass is 15.2. The maximum absolute atomic E-state index is 4.48. The Labute approximate surface area is 115 Å². The molecule has 2 fully saturated rings. The van der Waals surface area contributed by atoms with Crippen LogP contribution < -0.4 is 0 Å². The highest BCUT2D eigenvalue weighted by molar-refractivity contribution is 5.03. The summed E-state index contributed by atoms with van der Waals surface area (Å²) in [4.78, 5) is 13.8. The van der Waals surface area contributed by atoms with Crippen molar-refractivity contribution in [1.29, 1.82) is 0 Å². The molecule has 0 aromatic carbocycles. The van der Waals surface area contributed by atoms with E-state index in [2.05, 4.69) is 33.9 Å². The van der Waals surface area contributed by atoms with Crippen LogP contribution in [-0.4, -0.2) is 53.0 Å². The summed E-state index contributed by atoms with van der Waals surface area (Å²) in [6, 6.07) is 0.714. The lowest BCUT2D eigenvalue weighted by Crippen LogP contribution is -2.36. The van der Waals surface area contributed by atoms with Gasteiger partial charge in [0.15, 0.2) is 0 Å². The molecular weight excluding hydrogens is 236 g/mol. The summed E-state index contributed by atoms with van der Waals surface area (Å²) >= 11 is 0. The van der Waals surface area contributed by atoms with Gasteiger partial charge in [-0.2, -0.15) is 0 Å². The van der Waals surface area contributed by atoms with E-state index in [1.807, 2.05) is 19.3 Å². The monoisotopic (exact) mass is 260 g/mol. The Balaban J connectivity index is 1.64. The first-order chi connectivity index (χ1) is 9.13. The second-order valence-electron chi connectivity index (χ2n) is 6.38. The Morgan fingerprint density at radius 3 is 2.58 bits per heavy atom. The van der Waals surface area contributed by atoms with Crippen LogP contribution in [0.2, 0.25) is 0 Å². The van der Waals surface area contributed by atoms with Gasteiger partial charge in [0.25, 0.3) is 0 Å². The first kappa shape index (κ1) is 13.0. The smallest absolute Gasteiger partial charge is 0.0727 e. The number of hydrogen-bond acceptors (Lipinski definition) is 4. The number of nitrogens with zero attached hydrogens (tertiary/aromatic N) is 4. The molecule has 3 rings (SSSR count). The molecule has 1 aromatic heterocycles. The van der Waals surface area contributed by atoms with Gasteiger partial charge in [-0.3, -0.25) is 14.9 Å². The molecule has 0 bridgehead atoms. The molecular formula is C15H24N4. The molecule has 2 aliphatic rings. The van der Waals surface area contributed by atoms with Gasteiger partial charge in [0, 0.05) is 38.1 Å². The van der Waals surface area contributed by atoms with Crippen molar-refractivity contribution in [3.05, 3.63) is 23.8 Å². The number of aryl methyl sites for hydroxylation is 1. The van der Waals surface area contributed by atoms with Crippen LogP contribution in [0.15, 0.2) is 12.4 Å². The predicted molar refractivity (Wildman–Crippen MR) is 75.7 cm³/mol. The van der Waals surface area contributed by atoms with E-state index in [0.29, 0.717) is 6.04 Å². The van der Waals surface area contributed by atoms with Crippen LogP contribution in [0.5, 0.6) is 0 Å². The van der Waals surface area contributed by atoms with Crippen LogP contribution in [-0.2, 0) is 6.54 Å². The van der Waals surface area contributed by atoms with Crippen LogP contribution >= 0.6 is 0 Å². The van der Waals surface area contributed by atoms with Gasteiger partial charge in [0.05, 0.1) is 11.4 Å². The third-order valence-electron chi connectivity index (χ3n) is 4.52. The molecule has 1 saturated heterocycles. The van der Waals surface area contributed by atoms with Crippen molar-refractivity contribution in [3.8, 4) is 0 Å². The molecule has 0 spiro atoms. The number of likely N-dealkylation sites (N-methyl/N-ethyl adjacent to an activating group) is 1. The Hall–Kier alpha value is -1.00. The molecule has 0 radical (unpaired) electrons. The van der Waals surface area contributed by atoms with E-state index in [4.69, 9.17) is 0 Å². The van der Waals surface area contributed by atoms with Crippen LogP contribution in [0, 0.1) is 18.8 Å². The van der Waals surface area contributed by atoms with E-state index in [1.54, 1.807) is 0 Å². The summed E-state index contributed by atoms with van der Waals surface area (Å²) in [7, 11) is 4.43. The lowest BCUT2D eigenvalue weighted by Gasteiger charge is -2.25. The quantitative estimate of drug-likeness (QED) is 0.822. The van der Waals surface area contributed by atoms with Gasteiger partial charge < -0.3 is 4.90 Å². The predicted octanol–water partition coefficient (Wildman–Crippen LogP) is 1.56. The molecule has 2 atom stereocenters. The summed E-state index contributed by atoms with van der Waals surface area (Å²) in [6.07, 6.45) is 6.66. The maximum Gasteiger partial charge on any atom is 0.0727 e. The summed E-state index contributed by atoms with van der Waals surface area (Å²) < 4.78 is 0. The zero-order valence-electron chi connectivity index (χ0n) is 12.2. The SMILES string of the molecule is Cc1cnc(CN2C[C@@H](N(C)C)[C@H](C3CC3)C2)cn1. The standard InChI is InChI=1S/C15H24N4/c1-11-6-17-13(7-16-11)8-19-9-14(12-4-5-12)15(10-19)18(2)3/h6-7,12,14-15H,4-5,8-10H2,1-3H3/t14-,15+/m0/s1. The molecule has 1 saturated carbocycles. The normalized spacial score (nSPS) is 28.2.